The molecule has 3 aromatic rings. The summed E-state index contributed by atoms with van der Waals surface area (Å²) in [5.41, 5.74) is 2.33. The molecule has 0 unspecified atom stereocenters. The number of aromatic nitrogens is 4. The first-order valence-corrected chi connectivity index (χ1v) is 11.1. The lowest BCUT2D eigenvalue weighted by atomic mass is 10.1. The maximum atomic E-state index is 14.8. The number of fused-ring (bicyclic) bond motifs is 3. The van der Waals surface area contributed by atoms with E-state index in [2.05, 4.69) is 31.0 Å². The highest BCUT2D eigenvalue weighted by atomic mass is 19.1. The van der Waals surface area contributed by atoms with Crippen molar-refractivity contribution >= 4 is 34.7 Å². The van der Waals surface area contributed by atoms with Gasteiger partial charge in [0.15, 0.2) is 5.82 Å². The Bertz CT molecular complexity index is 1320. The average Bonchev–Trinajstić information content (AvgIpc) is 3.58. The normalized spacial score (nSPS) is 16.5. The zero-order valence-corrected chi connectivity index (χ0v) is 19.3. The highest BCUT2D eigenvalue weighted by molar-refractivity contribution is 6.02. The molecule has 2 aromatic heterocycles. The van der Waals surface area contributed by atoms with Gasteiger partial charge in [0.2, 0.25) is 5.91 Å². The van der Waals surface area contributed by atoms with Crippen molar-refractivity contribution in [3.8, 4) is 5.69 Å². The summed E-state index contributed by atoms with van der Waals surface area (Å²) >= 11 is 0. The molecule has 11 heteroatoms. The van der Waals surface area contributed by atoms with Crippen LogP contribution in [0.4, 0.5) is 27.3 Å². The predicted molar refractivity (Wildman–Crippen MR) is 125 cm³/mol. The standard InChI is InChI=1S/C23H25FN8O2/c1-11-21-27-12(2)30-32(21)18-8-14(24)7-17(20(18)31(11)4)28-16-9-19(29-22(33)13-5-6-13)26-10-15(16)23(34)25-3/h7-11,13H,5-6H2,1-4H3,(H,25,34)(H2,26,28,29,33)/t11-/m1/s1. The molecule has 176 valence electrons. The molecule has 1 aromatic carbocycles. The Labute approximate surface area is 195 Å². The van der Waals surface area contributed by atoms with Crippen molar-refractivity contribution in [2.24, 2.45) is 5.92 Å². The van der Waals surface area contributed by atoms with Crippen molar-refractivity contribution in [3.63, 3.8) is 0 Å². The molecule has 1 aliphatic carbocycles. The van der Waals surface area contributed by atoms with Crippen molar-refractivity contribution in [1.29, 1.82) is 0 Å². The molecule has 1 atom stereocenters. The Hall–Kier alpha value is -4.02. The van der Waals surface area contributed by atoms with E-state index in [1.165, 1.54) is 25.4 Å². The third-order valence-electron chi connectivity index (χ3n) is 6.17. The van der Waals surface area contributed by atoms with E-state index < -0.39 is 5.82 Å². The number of aryl methyl sites for hydroxylation is 1. The summed E-state index contributed by atoms with van der Waals surface area (Å²) in [4.78, 5) is 35.5. The van der Waals surface area contributed by atoms with Gasteiger partial charge in [0.05, 0.1) is 34.4 Å². The van der Waals surface area contributed by atoms with Gasteiger partial charge in [-0.25, -0.2) is 19.0 Å². The van der Waals surface area contributed by atoms with E-state index >= 15 is 0 Å². The summed E-state index contributed by atoms with van der Waals surface area (Å²) in [7, 11) is 3.41. The van der Waals surface area contributed by atoms with Crippen LogP contribution in [0, 0.1) is 18.7 Å². The SMILES string of the molecule is CNC(=O)c1cnc(NC(=O)C2CC2)cc1Nc1cc(F)cc2c1N(C)[C@H](C)c1nc(C)nn1-2. The molecule has 5 rings (SSSR count). The van der Waals surface area contributed by atoms with Crippen molar-refractivity contribution in [3.05, 3.63) is 47.4 Å². The molecule has 1 aliphatic heterocycles. The van der Waals surface area contributed by atoms with Gasteiger partial charge in [0.25, 0.3) is 5.91 Å². The lowest BCUT2D eigenvalue weighted by Crippen LogP contribution is -2.31. The quantitative estimate of drug-likeness (QED) is 0.531. The second-order valence-corrected chi connectivity index (χ2v) is 8.62. The third kappa shape index (κ3) is 3.72. The summed E-state index contributed by atoms with van der Waals surface area (Å²) in [6.45, 7) is 3.78. The van der Waals surface area contributed by atoms with Crippen molar-refractivity contribution < 1.29 is 14.0 Å². The highest BCUT2D eigenvalue weighted by Crippen LogP contribution is 2.43. The summed E-state index contributed by atoms with van der Waals surface area (Å²) in [5, 5.41) is 13.0. The molecule has 3 N–H and O–H groups in total. The highest BCUT2D eigenvalue weighted by Gasteiger charge is 2.32. The minimum absolute atomic E-state index is 0.00235. The lowest BCUT2D eigenvalue weighted by Gasteiger charge is -2.35. The van der Waals surface area contributed by atoms with Crippen LogP contribution in [0.3, 0.4) is 0 Å². The minimum atomic E-state index is -0.471. The molecule has 1 saturated carbocycles. The molecule has 2 amide bonds. The number of carbonyl (C=O) groups excluding carboxylic acids is 2. The first kappa shape index (κ1) is 21.8. The summed E-state index contributed by atoms with van der Waals surface area (Å²) in [6.07, 6.45) is 3.11. The van der Waals surface area contributed by atoms with Crippen LogP contribution in [0.25, 0.3) is 5.69 Å². The van der Waals surface area contributed by atoms with Gasteiger partial charge in [-0.2, -0.15) is 5.10 Å². The number of amides is 2. The molecule has 34 heavy (non-hydrogen) atoms. The molecule has 0 bridgehead atoms. The van der Waals surface area contributed by atoms with Crippen LogP contribution in [0.5, 0.6) is 0 Å². The largest absolute Gasteiger partial charge is 0.361 e. The predicted octanol–water partition coefficient (Wildman–Crippen LogP) is 3.07. The van der Waals surface area contributed by atoms with Crippen molar-refractivity contribution in [2.45, 2.75) is 32.7 Å². The van der Waals surface area contributed by atoms with E-state index in [4.69, 9.17) is 0 Å². The third-order valence-corrected chi connectivity index (χ3v) is 6.17. The molecule has 10 nitrogen and oxygen atoms in total. The molecular weight excluding hydrogens is 439 g/mol. The van der Waals surface area contributed by atoms with Gasteiger partial charge >= 0.3 is 0 Å². The minimum Gasteiger partial charge on any atom is -0.361 e. The van der Waals surface area contributed by atoms with Crippen molar-refractivity contribution in [2.75, 3.05) is 29.6 Å². The number of hydrogen-bond donors (Lipinski definition) is 3. The molecule has 3 heterocycles. The topological polar surface area (TPSA) is 117 Å². The van der Waals surface area contributed by atoms with Crippen LogP contribution < -0.4 is 20.9 Å². The van der Waals surface area contributed by atoms with E-state index in [-0.39, 0.29) is 29.3 Å². The Kier molecular flexibility index (Phi) is 5.18. The average molecular weight is 465 g/mol. The van der Waals surface area contributed by atoms with Crippen LogP contribution >= 0.6 is 0 Å². The lowest BCUT2D eigenvalue weighted by molar-refractivity contribution is -0.117. The Balaban J connectivity index is 1.60. The molecule has 0 spiro atoms. The first-order chi connectivity index (χ1) is 16.3. The summed E-state index contributed by atoms with van der Waals surface area (Å²) in [5.74, 6) is 0.683. The Morgan fingerprint density at radius 3 is 2.65 bits per heavy atom. The monoisotopic (exact) mass is 464 g/mol. The summed E-state index contributed by atoms with van der Waals surface area (Å²) in [6, 6.07) is 4.24. The van der Waals surface area contributed by atoms with E-state index in [1.807, 2.05) is 18.9 Å². The molecule has 1 fully saturated rings. The van der Waals surface area contributed by atoms with E-state index in [9.17, 15) is 14.0 Å². The molecular formula is C23H25FN8O2. The number of anilines is 4. The molecule has 0 saturated heterocycles. The van der Waals surface area contributed by atoms with Crippen molar-refractivity contribution in [1.82, 2.24) is 25.1 Å². The number of benzene rings is 1. The Morgan fingerprint density at radius 2 is 1.94 bits per heavy atom. The van der Waals surface area contributed by atoms with Gasteiger partial charge in [-0.15, -0.1) is 0 Å². The zero-order valence-electron chi connectivity index (χ0n) is 19.3. The van der Waals surface area contributed by atoms with Crippen LogP contribution in [0.2, 0.25) is 0 Å². The van der Waals surface area contributed by atoms with Gasteiger partial charge in [-0.05, 0) is 32.8 Å². The smallest absolute Gasteiger partial charge is 0.254 e. The molecule has 2 aliphatic rings. The van der Waals surface area contributed by atoms with Gasteiger partial charge in [-0.3, -0.25) is 9.59 Å². The van der Waals surface area contributed by atoms with E-state index in [0.717, 1.165) is 12.8 Å². The number of nitrogens with one attached hydrogen (secondary N) is 3. The first-order valence-electron chi connectivity index (χ1n) is 11.1. The number of hydrogen-bond acceptors (Lipinski definition) is 7. The number of carbonyl (C=O) groups is 2. The van der Waals surface area contributed by atoms with E-state index in [0.29, 0.717) is 40.2 Å². The van der Waals surface area contributed by atoms with Gasteiger partial charge in [0.1, 0.15) is 17.5 Å². The van der Waals surface area contributed by atoms with Crippen LogP contribution in [0.1, 0.15) is 47.8 Å². The number of pyridine rings is 1. The fourth-order valence-corrected chi connectivity index (χ4v) is 4.12. The summed E-state index contributed by atoms with van der Waals surface area (Å²) < 4.78 is 16.4. The second kappa shape index (κ2) is 8.08. The maximum Gasteiger partial charge on any atom is 0.254 e. The van der Waals surface area contributed by atoms with Gasteiger partial charge < -0.3 is 20.9 Å². The van der Waals surface area contributed by atoms with E-state index in [1.54, 1.807) is 17.7 Å². The van der Waals surface area contributed by atoms with Crippen LogP contribution in [-0.4, -0.2) is 45.7 Å². The van der Waals surface area contributed by atoms with Gasteiger partial charge in [0, 0.05) is 38.3 Å². The number of halogens is 1. The van der Waals surface area contributed by atoms with Gasteiger partial charge in [-0.1, -0.05) is 0 Å². The fourth-order valence-electron chi connectivity index (χ4n) is 4.12. The number of rotatable bonds is 5. The number of nitrogens with zero attached hydrogens (tertiary/aromatic N) is 5. The maximum absolute atomic E-state index is 14.8. The van der Waals surface area contributed by atoms with Crippen LogP contribution in [0.15, 0.2) is 24.4 Å². The van der Waals surface area contributed by atoms with Crippen LogP contribution in [-0.2, 0) is 4.79 Å². The Morgan fingerprint density at radius 1 is 1.18 bits per heavy atom. The molecule has 0 radical (unpaired) electrons. The zero-order chi connectivity index (χ0) is 24.1. The fraction of sp³-hybridized carbons (Fsp3) is 0.348. The second-order valence-electron chi connectivity index (χ2n) is 8.62.